The molecule has 6 nitrogen and oxygen atoms in total. The number of methoxy groups -OCH3 is 3. The Kier molecular flexibility index (Phi) is 5.82. The number of hydrogen-bond donors (Lipinski definition) is 2. The first-order valence-corrected chi connectivity index (χ1v) is 6.49. The van der Waals surface area contributed by atoms with Crippen molar-refractivity contribution in [1.29, 1.82) is 0 Å². The van der Waals surface area contributed by atoms with Gasteiger partial charge in [0.1, 0.15) is 29.0 Å². The van der Waals surface area contributed by atoms with Crippen LogP contribution in [0.1, 0.15) is 0 Å². The number of aliphatic carboxylic acids is 1. The lowest BCUT2D eigenvalue weighted by molar-refractivity contribution is -0.137. The number of ether oxygens (including phenoxy) is 3. The van der Waals surface area contributed by atoms with E-state index in [1.807, 2.05) is 0 Å². The molecule has 0 unspecified atom stereocenters. The topological polar surface area (TPSA) is 68.2 Å². The Morgan fingerprint density at radius 1 is 1.25 bits per heavy atom. The molecule has 1 N–H and O–H groups in total. The second-order valence-electron chi connectivity index (χ2n) is 4.03. The van der Waals surface area contributed by atoms with Gasteiger partial charge in [-0.1, -0.05) is 0 Å². The molecule has 0 bridgehead atoms. The van der Waals surface area contributed by atoms with Crippen LogP contribution in [0.2, 0.25) is 0 Å². The third-order valence-electron chi connectivity index (χ3n) is 2.97. The van der Waals surface area contributed by atoms with E-state index >= 15 is 0 Å². The third kappa shape index (κ3) is 3.22. The molecule has 7 heteroatoms. The molecule has 0 aromatic heterocycles. The van der Waals surface area contributed by atoms with E-state index in [9.17, 15) is 9.90 Å². The summed E-state index contributed by atoms with van der Waals surface area (Å²) in [6.07, 6.45) is 0. The zero-order chi connectivity index (χ0) is 15.3. The summed E-state index contributed by atoms with van der Waals surface area (Å²) < 4.78 is 15.8. The van der Waals surface area contributed by atoms with Crippen molar-refractivity contribution in [2.24, 2.45) is 0 Å². The number of anilines is 1. The largest absolute Gasteiger partial charge is 0.496 e. The summed E-state index contributed by atoms with van der Waals surface area (Å²) in [5.74, 6) is 0.689. The summed E-state index contributed by atoms with van der Waals surface area (Å²) in [7, 11) is 6.19. The highest BCUT2D eigenvalue weighted by molar-refractivity contribution is 7.80. The van der Waals surface area contributed by atoms with Gasteiger partial charge in [0, 0.05) is 24.9 Å². The lowest BCUT2D eigenvalue weighted by Crippen LogP contribution is -2.40. The molecule has 0 radical (unpaired) electrons. The Hall–Kier alpha value is -1.76. The summed E-state index contributed by atoms with van der Waals surface area (Å²) in [4.78, 5) is 12.8. The van der Waals surface area contributed by atoms with Crippen molar-refractivity contribution < 1.29 is 24.1 Å². The summed E-state index contributed by atoms with van der Waals surface area (Å²) >= 11 is 4.08. The Bertz CT molecular complexity index is 455. The van der Waals surface area contributed by atoms with Crippen LogP contribution in [0.4, 0.5) is 5.69 Å². The van der Waals surface area contributed by atoms with E-state index in [0.717, 1.165) is 0 Å². The van der Waals surface area contributed by atoms with E-state index in [-0.39, 0.29) is 5.75 Å². The monoisotopic (exact) mass is 301 g/mol. The number of hydrogen-bond acceptors (Lipinski definition) is 6. The van der Waals surface area contributed by atoms with Crippen LogP contribution in [0.3, 0.4) is 0 Å². The van der Waals surface area contributed by atoms with Crippen molar-refractivity contribution in [3.63, 3.8) is 0 Å². The zero-order valence-corrected chi connectivity index (χ0v) is 12.8. The van der Waals surface area contributed by atoms with Crippen LogP contribution in [0.5, 0.6) is 17.2 Å². The molecule has 1 rings (SSSR count). The third-order valence-corrected chi connectivity index (χ3v) is 3.31. The number of nitrogens with zero attached hydrogens (tertiary/aromatic N) is 1. The molecule has 0 saturated heterocycles. The van der Waals surface area contributed by atoms with E-state index in [0.29, 0.717) is 22.9 Å². The van der Waals surface area contributed by atoms with Crippen molar-refractivity contribution in [2.75, 3.05) is 39.0 Å². The van der Waals surface area contributed by atoms with Gasteiger partial charge in [-0.3, -0.25) is 0 Å². The van der Waals surface area contributed by atoms with E-state index in [2.05, 4.69) is 12.6 Å². The fourth-order valence-corrected chi connectivity index (χ4v) is 2.26. The summed E-state index contributed by atoms with van der Waals surface area (Å²) in [6, 6.07) is 2.55. The predicted molar refractivity (Wildman–Crippen MR) is 79.8 cm³/mol. The van der Waals surface area contributed by atoms with Gasteiger partial charge in [0.2, 0.25) is 0 Å². The molecule has 0 saturated carbocycles. The molecule has 0 aliphatic heterocycles. The number of carboxylic acids is 1. The van der Waals surface area contributed by atoms with Crippen molar-refractivity contribution >= 4 is 24.3 Å². The van der Waals surface area contributed by atoms with Crippen molar-refractivity contribution in [2.45, 2.75) is 6.04 Å². The van der Waals surface area contributed by atoms with Crippen LogP contribution < -0.4 is 19.1 Å². The fraction of sp³-hybridized carbons (Fsp3) is 0.462. The standard InChI is InChI=1S/C13H19NO5S/c1-14(9(7-20)13(15)16)12-10(18-3)5-8(17-2)6-11(12)19-4/h5-6,9,20H,7H2,1-4H3,(H,15,16)/t9-/m0/s1. The number of benzene rings is 1. The van der Waals surface area contributed by atoms with Gasteiger partial charge in [-0.15, -0.1) is 0 Å². The van der Waals surface area contributed by atoms with E-state index in [1.165, 1.54) is 21.3 Å². The van der Waals surface area contributed by atoms with Crippen LogP contribution in [0.25, 0.3) is 0 Å². The fourth-order valence-electron chi connectivity index (χ4n) is 1.86. The molecule has 20 heavy (non-hydrogen) atoms. The maximum atomic E-state index is 11.3. The molecule has 1 aromatic rings. The highest BCUT2D eigenvalue weighted by Gasteiger charge is 2.27. The smallest absolute Gasteiger partial charge is 0.327 e. The van der Waals surface area contributed by atoms with Gasteiger partial charge in [-0.05, 0) is 0 Å². The number of likely N-dealkylation sites (N-methyl/N-ethyl adjacent to an activating group) is 1. The minimum Gasteiger partial charge on any atom is -0.496 e. The Morgan fingerprint density at radius 3 is 2.05 bits per heavy atom. The lowest BCUT2D eigenvalue weighted by atomic mass is 10.2. The quantitative estimate of drug-likeness (QED) is 0.745. The molecule has 112 valence electrons. The molecule has 0 amide bonds. The highest BCUT2D eigenvalue weighted by atomic mass is 32.1. The van der Waals surface area contributed by atoms with Gasteiger partial charge in [-0.2, -0.15) is 12.6 Å². The van der Waals surface area contributed by atoms with Crippen molar-refractivity contribution in [3.05, 3.63) is 12.1 Å². The van der Waals surface area contributed by atoms with Gasteiger partial charge in [0.15, 0.2) is 0 Å². The Balaban J connectivity index is 3.37. The van der Waals surface area contributed by atoms with Crippen LogP contribution in [-0.2, 0) is 4.79 Å². The van der Waals surface area contributed by atoms with E-state index < -0.39 is 12.0 Å². The summed E-state index contributed by atoms with van der Waals surface area (Å²) in [6.45, 7) is 0. The summed E-state index contributed by atoms with van der Waals surface area (Å²) in [5, 5.41) is 9.24. The normalized spacial score (nSPS) is 11.7. The van der Waals surface area contributed by atoms with E-state index in [1.54, 1.807) is 24.1 Å². The van der Waals surface area contributed by atoms with Gasteiger partial charge in [0.05, 0.1) is 21.3 Å². The molecule has 1 atom stereocenters. The number of carboxylic acid groups (broad SMARTS) is 1. The van der Waals surface area contributed by atoms with Crippen LogP contribution in [0.15, 0.2) is 12.1 Å². The first kappa shape index (κ1) is 16.3. The first-order chi connectivity index (χ1) is 9.49. The second-order valence-corrected chi connectivity index (χ2v) is 4.39. The van der Waals surface area contributed by atoms with Gasteiger partial charge < -0.3 is 24.2 Å². The van der Waals surface area contributed by atoms with Crippen molar-refractivity contribution in [1.82, 2.24) is 0 Å². The SMILES string of the molecule is COc1cc(OC)c(N(C)[C@@H](CS)C(=O)O)c(OC)c1. The first-order valence-electron chi connectivity index (χ1n) is 5.86. The zero-order valence-electron chi connectivity index (χ0n) is 11.9. The maximum Gasteiger partial charge on any atom is 0.327 e. The van der Waals surface area contributed by atoms with Crippen LogP contribution in [-0.4, -0.2) is 51.2 Å². The van der Waals surface area contributed by atoms with Gasteiger partial charge >= 0.3 is 5.97 Å². The van der Waals surface area contributed by atoms with E-state index in [4.69, 9.17) is 14.2 Å². The number of carbonyl (C=O) groups is 1. The van der Waals surface area contributed by atoms with Crippen molar-refractivity contribution in [3.8, 4) is 17.2 Å². The predicted octanol–water partition coefficient (Wildman–Crippen LogP) is 1.53. The molecule has 0 heterocycles. The molecular weight excluding hydrogens is 282 g/mol. The average Bonchev–Trinajstić information content (AvgIpc) is 2.45. The molecule has 1 aromatic carbocycles. The highest BCUT2D eigenvalue weighted by Crippen LogP contribution is 2.41. The number of thiol groups is 1. The van der Waals surface area contributed by atoms with Crippen LogP contribution >= 0.6 is 12.6 Å². The minimum atomic E-state index is -0.970. The minimum absolute atomic E-state index is 0.157. The molecule has 0 aliphatic carbocycles. The second kappa shape index (κ2) is 7.14. The molecule has 0 spiro atoms. The molecule has 0 aliphatic rings. The maximum absolute atomic E-state index is 11.3. The molecule has 0 fully saturated rings. The van der Waals surface area contributed by atoms with Gasteiger partial charge in [-0.25, -0.2) is 4.79 Å². The Labute approximate surface area is 123 Å². The lowest BCUT2D eigenvalue weighted by Gasteiger charge is -2.28. The Morgan fingerprint density at radius 2 is 1.75 bits per heavy atom. The van der Waals surface area contributed by atoms with Gasteiger partial charge in [0.25, 0.3) is 0 Å². The molecular formula is C13H19NO5S. The number of rotatable bonds is 7. The van der Waals surface area contributed by atoms with Crippen LogP contribution in [0, 0.1) is 0 Å². The average molecular weight is 301 g/mol. The summed E-state index contributed by atoms with van der Waals surface area (Å²) in [5.41, 5.74) is 0.539.